The zero-order chi connectivity index (χ0) is 13.3. The van der Waals surface area contributed by atoms with Gasteiger partial charge in [-0.05, 0) is 35.9 Å². The molecule has 92 valence electrons. The Morgan fingerprint density at radius 1 is 1.06 bits per heavy atom. The molecular formula is C13H8Cl2O3. The lowest BCUT2D eigenvalue weighted by Crippen LogP contribution is -1.96. The van der Waals surface area contributed by atoms with Crippen molar-refractivity contribution >= 4 is 29.2 Å². The zero-order valence-electron chi connectivity index (χ0n) is 9.02. The number of phenols is 1. The molecule has 0 heterocycles. The quantitative estimate of drug-likeness (QED) is 0.873. The van der Waals surface area contributed by atoms with Crippen LogP contribution in [0.2, 0.25) is 10.0 Å². The van der Waals surface area contributed by atoms with Crippen molar-refractivity contribution in [1.29, 1.82) is 0 Å². The van der Waals surface area contributed by atoms with Gasteiger partial charge in [-0.1, -0.05) is 29.3 Å². The van der Waals surface area contributed by atoms with Gasteiger partial charge < -0.3 is 10.2 Å². The van der Waals surface area contributed by atoms with Crippen molar-refractivity contribution in [3.63, 3.8) is 0 Å². The van der Waals surface area contributed by atoms with Crippen LogP contribution < -0.4 is 0 Å². The first-order chi connectivity index (χ1) is 8.49. The molecule has 18 heavy (non-hydrogen) atoms. The van der Waals surface area contributed by atoms with Gasteiger partial charge in [0.25, 0.3) is 0 Å². The molecule has 0 aliphatic carbocycles. The van der Waals surface area contributed by atoms with Crippen LogP contribution >= 0.6 is 23.2 Å². The van der Waals surface area contributed by atoms with Gasteiger partial charge in [0.05, 0.1) is 0 Å². The fourth-order valence-electron chi connectivity index (χ4n) is 1.60. The van der Waals surface area contributed by atoms with E-state index in [9.17, 15) is 9.90 Å². The third-order valence-corrected chi connectivity index (χ3v) is 3.03. The predicted molar refractivity (Wildman–Crippen MR) is 70.5 cm³/mol. The predicted octanol–water partition coefficient (Wildman–Crippen LogP) is 4.06. The Kier molecular flexibility index (Phi) is 3.45. The highest BCUT2D eigenvalue weighted by atomic mass is 35.5. The van der Waals surface area contributed by atoms with Gasteiger partial charge in [-0.25, -0.2) is 4.79 Å². The summed E-state index contributed by atoms with van der Waals surface area (Å²) in [5.41, 5.74) is 1.08. The van der Waals surface area contributed by atoms with E-state index in [1.54, 1.807) is 24.3 Å². The van der Waals surface area contributed by atoms with Gasteiger partial charge in [0.2, 0.25) is 0 Å². The average Bonchev–Trinajstić information content (AvgIpc) is 2.31. The van der Waals surface area contributed by atoms with Crippen molar-refractivity contribution in [2.45, 2.75) is 0 Å². The topological polar surface area (TPSA) is 57.5 Å². The van der Waals surface area contributed by atoms with Gasteiger partial charge in [-0.2, -0.15) is 0 Å². The van der Waals surface area contributed by atoms with E-state index in [-0.39, 0.29) is 11.3 Å². The summed E-state index contributed by atoms with van der Waals surface area (Å²) < 4.78 is 0. The highest BCUT2D eigenvalue weighted by molar-refractivity contribution is 6.35. The number of carboxylic acid groups (broad SMARTS) is 1. The van der Waals surface area contributed by atoms with E-state index in [0.29, 0.717) is 21.2 Å². The van der Waals surface area contributed by atoms with Crippen LogP contribution in [0.25, 0.3) is 11.1 Å². The van der Waals surface area contributed by atoms with Crippen molar-refractivity contribution in [2.75, 3.05) is 0 Å². The number of hydrogen-bond acceptors (Lipinski definition) is 2. The first-order valence-electron chi connectivity index (χ1n) is 5.01. The molecule has 0 aliphatic heterocycles. The number of carboxylic acids is 1. The summed E-state index contributed by atoms with van der Waals surface area (Å²) in [6, 6.07) is 9.19. The van der Waals surface area contributed by atoms with Gasteiger partial charge in [0.15, 0.2) is 0 Å². The number of carbonyl (C=O) groups is 1. The number of aromatic carboxylic acids is 1. The van der Waals surface area contributed by atoms with Crippen molar-refractivity contribution in [2.24, 2.45) is 0 Å². The maximum atomic E-state index is 10.8. The summed E-state index contributed by atoms with van der Waals surface area (Å²) in [5.74, 6) is -1.49. The lowest BCUT2D eigenvalue weighted by atomic mass is 10.0. The highest BCUT2D eigenvalue weighted by Gasteiger charge is 2.12. The average molecular weight is 283 g/mol. The molecular weight excluding hydrogens is 275 g/mol. The molecule has 0 bridgehead atoms. The summed E-state index contributed by atoms with van der Waals surface area (Å²) in [6.45, 7) is 0. The van der Waals surface area contributed by atoms with Crippen LogP contribution in [0.5, 0.6) is 5.75 Å². The number of halogens is 2. The van der Waals surface area contributed by atoms with Gasteiger partial charge >= 0.3 is 5.97 Å². The van der Waals surface area contributed by atoms with Crippen LogP contribution in [0.1, 0.15) is 10.4 Å². The minimum absolute atomic E-state index is 0.156. The van der Waals surface area contributed by atoms with Crippen molar-refractivity contribution in [1.82, 2.24) is 0 Å². The molecule has 0 saturated heterocycles. The second-order valence-electron chi connectivity index (χ2n) is 3.66. The van der Waals surface area contributed by atoms with E-state index in [4.69, 9.17) is 28.3 Å². The van der Waals surface area contributed by atoms with Gasteiger partial charge in [-0.15, -0.1) is 0 Å². The monoisotopic (exact) mass is 282 g/mol. The lowest BCUT2D eigenvalue weighted by Gasteiger charge is -2.07. The van der Waals surface area contributed by atoms with E-state index in [1.165, 1.54) is 12.1 Å². The Morgan fingerprint density at radius 3 is 2.39 bits per heavy atom. The Morgan fingerprint density at radius 2 is 1.78 bits per heavy atom. The molecule has 3 nitrogen and oxygen atoms in total. The van der Waals surface area contributed by atoms with Crippen LogP contribution in [0.15, 0.2) is 36.4 Å². The van der Waals surface area contributed by atoms with Crippen molar-refractivity contribution in [3.8, 4) is 16.9 Å². The highest BCUT2D eigenvalue weighted by Crippen LogP contribution is 2.33. The molecule has 0 unspecified atom stereocenters. The minimum Gasteiger partial charge on any atom is -0.507 e. The molecule has 2 N–H and O–H groups in total. The fourth-order valence-corrected chi connectivity index (χ4v) is 2.00. The Labute approximate surface area is 113 Å². The molecule has 0 radical (unpaired) electrons. The fraction of sp³-hybridized carbons (Fsp3) is 0. The van der Waals surface area contributed by atoms with E-state index < -0.39 is 5.97 Å². The van der Waals surface area contributed by atoms with Crippen LogP contribution in [0.4, 0.5) is 0 Å². The molecule has 2 rings (SSSR count). The largest absolute Gasteiger partial charge is 0.507 e. The van der Waals surface area contributed by atoms with Crippen molar-refractivity contribution in [3.05, 3.63) is 52.0 Å². The molecule has 0 fully saturated rings. The summed E-state index contributed by atoms with van der Waals surface area (Å²) in [7, 11) is 0. The third-order valence-electron chi connectivity index (χ3n) is 2.47. The molecule has 0 aliphatic rings. The van der Waals surface area contributed by atoms with E-state index in [0.717, 1.165) is 0 Å². The summed E-state index contributed by atoms with van der Waals surface area (Å²) in [4.78, 5) is 10.8. The molecule has 0 atom stereocenters. The number of rotatable bonds is 2. The zero-order valence-corrected chi connectivity index (χ0v) is 10.5. The standard InChI is InChI=1S/C13H8Cl2O3/c14-8-2-4-11(15)10(6-8)7-1-3-9(13(17)18)12(16)5-7/h1-6,16H,(H,17,18). The Balaban J connectivity index is 2.55. The van der Waals surface area contributed by atoms with Crippen molar-refractivity contribution < 1.29 is 15.0 Å². The Hall–Kier alpha value is -1.71. The molecule has 0 spiro atoms. The number of aromatic hydroxyl groups is 1. The lowest BCUT2D eigenvalue weighted by molar-refractivity contribution is 0.0694. The van der Waals surface area contributed by atoms with Crippen LogP contribution in [0.3, 0.4) is 0 Å². The maximum Gasteiger partial charge on any atom is 0.339 e. The van der Waals surface area contributed by atoms with E-state index >= 15 is 0 Å². The van der Waals surface area contributed by atoms with Gasteiger partial charge in [0.1, 0.15) is 11.3 Å². The summed E-state index contributed by atoms with van der Waals surface area (Å²) >= 11 is 11.9. The molecule has 0 amide bonds. The van der Waals surface area contributed by atoms with Gasteiger partial charge in [-0.3, -0.25) is 0 Å². The summed E-state index contributed by atoms with van der Waals surface area (Å²) in [6.07, 6.45) is 0. The van der Waals surface area contributed by atoms with E-state index in [2.05, 4.69) is 0 Å². The van der Waals surface area contributed by atoms with Crippen LogP contribution in [0, 0.1) is 0 Å². The molecule has 5 heteroatoms. The molecule has 2 aromatic carbocycles. The van der Waals surface area contributed by atoms with Crippen LogP contribution in [-0.2, 0) is 0 Å². The Bertz CT molecular complexity index is 624. The maximum absolute atomic E-state index is 10.8. The number of benzene rings is 2. The molecule has 0 aromatic heterocycles. The number of hydrogen-bond donors (Lipinski definition) is 2. The molecule has 0 saturated carbocycles. The van der Waals surface area contributed by atoms with Crippen LogP contribution in [-0.4, -0.2) is 16.2 Å². The SMILES string of the molecule is O=C(O)c1ccc(-c2cc(Cl)ccc2Cl)cc1O. The summed E-state index contributed by atoms with van der Waals surface area (Å²) in [5, 5.41) is 19.4. The normalized spacial score (nSPS) is 10.3. The molecule has 2 aromatic rings. The first-order valence-corrected chi connectivity index (χ1v) is 5.76. The van der Waals surface area contributed by atoms with E-state index in [1.807, 2.05) is 0 Å². The minimum atomic E-state index is -1.18. The second kappa shape index (κ2) is 4.88. The first kappa shape index (κ1) is 12.7. The smallest absolute Gasteiger partial charge is 0.339 e. The van der Waals surface area contributed by atoms with Gasteiger partial charge in [0, 0.05) is 15.6 Å². The second-order valence-corrected chi connectivity index (χ2v) is 4.50. The third kappa shape index (κ3) is 2.42.